The van der Waals surface area contributed by atoms with Crippen LogP contribution in [0.25, 0.3) is 38.9 Å². The Kier molecular flexibility index (Phi) is 2.14. The Morgan fingerprint density at radius 3 is 3.00 bits per heavy atom. The number of aromatic amines is 1. The largest absolute Gasteiger partial charge is 0.456 e. The maximum Gasteiger partial charge on any atom is 0.145 e. The minimum absolute atomic E-state index is 0.756. The number of benzene rings is 2. The molecule has 1 N–H and O–H groups in total. The molecule has 0 atom stereocenters. The fourth-order valence-electron chi connectivity index (χ4n) is 3.40. The van der Waals surface area contributed by atoms with E-state index >= 15 is 0 Å². The van der Waals surface area contributed by atoms with Gasteiger partial charge in [-0.1, -0.05) is 35.9 Å². The van der Waals surface area contributed by atoms with E-state index in [1.165, 1.54) is 5.56 Å². The van der Waals surface area contributed by atoms with Gasteiger partial charge in [0.15, 0.2) is 0 Å². The molecule has 1 aliphatic rings. The SMILES string of the molecule is Clc1cc2c3c(oc2c2c1[nH]c1ccccc12)C=CCC3. The molecule has 21 heavy (non-hydrogen) atoms. The van der Waals surface area contributed by atoms with Crippen molar-refractivity contribution in [2.24, 2.45) is 0 Å². The van der Waals surface area contributed by atoms with Crippen LogP contribution in [0.15, 0.2) is 40.8 Å². The minimum atomic E-state index is 0.756. The number of H-pyrrole nitrogens is 1. The molecule has 0 amide bonds. The molecule has 0 aliphatic heterocycles. The fourth-order valence-corrected chi connectivity index (χ4v) is 3.65. The molecule has 2 nitrogen and oxygen atoms in total. The second kappa shape index (κ2) is 3.92. The predicted molar refractivity (Wildman–Crippen MR) is 87.9 cm³/mol. The maximum absolute atomic E-state index is 6.52. The third-order valence-electron chi connectivity index (χ3n) is 4.35. The van der Waals surface area contributed by atoms with Gasteiger partial charge in [0.2, 0.25) is 0 Å². The van der Waals surface area contributed by atoms with E-state index in [9.17, 15) is 0 Å². The average molecular weight is 294 g/mol. The van der Waals surface area contributed by atoms with Crippen LogP contribution in [0.2, 0.25) is 5.02 Å². The Labute approximate surface area is 126 Å². The molecule has 2 aromatic heterocycles. The van der Waals surface area contributed by atoms with Crippen molar-refractivity contribution < 1.29 is 4.42 Å². The van der Waals surface area contributed by atoms with Gasteiger partial charge in [0.25, 0.3) is 0 Å². The summed E-state index contributed by atoms with van der Waals surface area (Å²) in [4.78, 5) is 3.41. The van der Waals surface area contributed by atoms with E-state index in [4.69, 9.17) is 16.0 Å². The van der Waals surface area contributed by atoms with Crippen molar-refractivity contribution in [1.82, 2.24) is 4.98 Å². The van der Waals surface area contributed by atoms with Gasteiger partial charge in [-0.15, -0.1) is 0 Å². The first kappa shape index (κ1) is 11.5. The summed E-state index contributed by atoms with van der Waals surface area (Å²) in [6, 6.07) is 10.3. The summed E-state index contributed by atoms with van der Waals surface area (Å²) in [5.41, 5.74) is 4.28. The van der Waals surface area contributed by atoms with Crippen LogP contribution in [0.4, 0.5) is 0 Å². The van der Waals surface area contributed by atoms with Crippen molar-refractivity contribution >= 4 is 50.5 Å². The molecule has 4 aromatic rings. The van der Waals surface area contributed by atoms with Crippen molar-refractivity contribution in [3.63, 3.8) is 0 Å². The summed E-state index contributed by atoms with van der Waals surface area (Å²) < 4.78 is 6.16. The van der Waals surface area contributed by atoms with E-state index in [-0.39, 0.29) is 0 Å². The molecular formula is C18H12ClNO. The minimum Gasteiger partial charge on any atom is -0.456 e. The molecule has 0 fully saturated rings. The number of aromatic nitrogens is 1. The summed E-state index contributed by atoms with van der Waals surface area (Å²) in [5.74, 6) is 0.977. The first-order chi connectivity index (χ1) is 10.3. The molecule has 1 aliphatic carbocycles. The lowest BCUT2D eigenvalue weighted by molar-refractivity contribution is 0.598. The highest BCUT2D eigenvalue weighted by Crippen LogP contribution is 2.41. The van der Waals surface area contributed by atoms with Gasteiger partial charge < -0.3 is 9.40 Å². The van der Waals surface area contributed by atoms with E-state index in [0.717, 1.165) is 56.4 Å². The van der Waals surface area contributed by atoms with Gasteiger partial charge in [-0.2, -0.15) is 0 Å². The van der Waals surface area contributed by atoms with Crippen LogP contribution >= 0.6 is 11.6 Å². The number of hydrogen-bond donors (Lipinski definition) is 1. The number of hydrogen-bond acceptors (Lipinski definition) is 1. The van der Waals surface area contributed by atoms with E-state index in [1.54, 1.807) is 0 Å². The number of rotatable bonds is 0. The van der Waals surface area contributed by atoms with Crippen molar-refractivity contribution in [2.75, 3.05) is 0 Å². The van der Waals surface area contributed by atoms with E-state index in [2.05, 4.69) is 29.3 Å². The van der Waals surface area contributed by atoms with Crippen LogP contribution in [0, 0.1) is 0 Å². The molecular weight excluding hydrogens is 282 g/mol. The lowest BCUT2D eigenvalue weighted by Crippen LogP contribution is -1.89. The van der Waals surface area contributed by atoms with Crippen LogP contribution in [0.3, 0.4) is 0 Å². The lowest BCUT2D eigenvalue weighted by atomic mass is 10.00. The van der Waals surface area contributed by atoms with Crippen LogP contribution in [0.5, 0.6) is 0 Å². The van der Waals surface area contributed by atoms with Gasteiger partial charge in [-0.3, -0.25) is 0 Å². The Morgan fingerprint density at radius 1 is 1.14 bits per heavy atom. The molecule has 2 aromatic carbocycles. The molecule has 102 valence electrons. The smallest absolute Gasteiger partial charge is 0.145 e. The van der Waals surface area contributed by atoms with Crippen LogP contribution in [-0.2, 0) is 6.42 Å². The van der Waals surface area contributed by atoms with E-state index in [0.29, 0.717) is 0 Å². The monoisotopic (exact) mass is 293 g/mol. The number of fused-ring (bicyclic) bond motifs is 7. The zero-order valence-corrected chi connectivity index (χ0v) is 12.0. The third kappa shape index (κ3) is 1.43. The molecule has 0 unspecified atom stereocenters. The normalized spacial score (nSPS) is 14.3. The lowest BCUT2D eigenvalue weighted by Gasteiger charge is -2.02. The molecule has 0 spiro atoms. The highest BCUT2D eigenvalue weighted by Gasteiger charge is 2.20. The van der Waals surface area contributed by atoms with Crippen LogP contribution in [-0.4, -0.2) is 4.98 Å². The fraction of sp³-hybridized carbons (Fsp3) is 0.111. The molecule has 0 radical (unpaired) electrons. The number of allylic oxidation sites excluding steroid dienone is 1. The quantitative estimate of drug-likeness (QED) is 0.444. The highest BCUT2D eigenvalue weighted by atomic mass is 35.5. The Balaban J connectivity index is 2.08. The van der Waals surface area contributed by atoms with Crippen molar-refractivity contribution in [3.8, 4) is 0 Å². The zero-order valence-electron chi connectivity index (χ0n) is 11.2. The number of aryl methyl sites for hydroxylation is 1. The van der Waals surface area contributed by atoms with Crippen molar-refractivity contribution in [3.05, 3.63) is 52.8 Å². The molecule has 0 bridgehead atoms. The van der Waals surface area contributed by atoms with E-state index < -0.39 is 0 Å². The first-order valence-electron chi connectivity index (χ1n) is 7.14. The molecule has 5 rings (SSSR count). The summed E-state index contributed by atoms with van der Waals surface area (Å²) in [6.45, 7) is 0. The second-order valence-electron chi connectivity index (χ2n) is 5.54. The maximum atomic E-state index is 6.52. The number of para-hydroxylation sites is 1. The predicted octanol–water partition coefficient (Wildman–Crippen LogP) is 5.68. The first-order valence-corrected chi connectivity index (χ1v) is 7.51. The number of halogens is 1. The van der Waals surface area contributed by atoms with Gasteiger partial charge >= 0.3 is 0 Å². The van der Waals surface area contributed by atoms with Crippen LogP contribution < -0.4 is 0 Å². The number of nitrogens with one attached hydrogen (secondary N) is 1. The topological polar surface area (TPSA) is 28.9 Å². The highest BCUT2D eigenvalue weighted by molar-refractivity contribution is 6.38. The van der Waals surface area contributed by atoms with Gasteiger partial charge in [-0.05, 0) is 31.1 Å². The third-order valence-corrected chi connectivity index (χ3v) is 4.65. The van der Waals surface area contributed by atoms with Gasteiger partial charge in [0, 0.05) is 21.9 Å². The molecule has 0 saturated heterocycles. The Morgan fingerprint density at radius 2 is 2.05 bits per heavy atom. The zero-order chi connectivity index (χ0) is 14.0. The summed E-state index contributed by atoms with van der Waals surface area (Å²) >= 11 is 6.52. The standard InChI is InChI=1S/C18H12ClNO/c19-13-9-12-10-5-2-4-8-15(10)21-18(12)16-11-6-1-3-7-14(11)20-17(13)16/h1,3-4,6-9,20H,2,5H2. The van der Waals surface area contributed by atoms with Gasteiger partial charge in [0.1, 0.15) is 11.3 Å². The van der Waals surface area contributed by atoms with Gasteiger partial charge in [-0.25, -0.2) is 0 Å². The van der Waals surface area contributed by atoms with Crippen LogP contribution in [0.1, 0.15) is 17.7 Å². The number of furan rings is 1. The molecule has 0 saturated carbocycles. The Hall–Kier alpha value is -2.19. The van der Waals surface area contributed by atoms with Crippen molar-refractivity contribution in [1.29, 1.82) is 0 Å². The average Bonchev–Trinajstić information content (AvgIpc) is 3.06. The molecule has 3 heteroatoms. The van der Waals surface area contributed by atoms with Gasteiger partial charge in [0.05, 0.1) is 15.9 Å². The van der Waals surface area contributed by atoms with Crippen molar-refractivity contribution in [2.45, 2.75) is 12.8 Å². The molecule has 2 heterocycles. The van der Waals surface area contributed by atoms with E-state index in [1.807, 2.05) is 18.2 Å². The second-order valence-corrected chi connectivity index (χ2v) is 5.95. The summed E-state index contributed by atoms with van der Waals surface area (Å²) in [7, 11) is 0. The Bertz CT molecular complexity index is 1050. The summed E-state index contributed by atoms with van der Waals surface area (Å²) in [6.07, 6.45) is 6.32. The summed E-state index contributed by atoms with van der Waals surface area (Å²) in [5, 5.41) is 4.16.